The van der Waals surface area contributed by atoms with Crippen LogP contribution in [0.15, 0.2) is 0 Å². The lowest BCUT2D eigenvalue weighted by atomic mass is 9.73. The topological polar surface area (TPSA) is 18.5 Å². The molecule has 2 aliphatic rings. The average molecular weight is 253 g/mol. The van der Waals surface area contributed by atoms with Gasteiger partial charge in [0.1, 0.15) is 0 Å². The van der Waals surface area contributed by atoms with Gasteiger partial charge in [-0.3, -0.25) is 4.90 Å². The Bertz CT molecular complexity index is 222. The monoisotopic (exact) mass is 253 g/mol. The van der Waals surface area contributed by atoms with Gasteiger partial charge in [-0.25, -0.2) is 0 Å². The minimum atomic E-state index is 0.687. The van der Waals surface area contributed by atoms with E-state index in [2.05, 4.69) is 29.0 Å². The van der Waals surface area contributed by atoms with Crippen LogP contribution in [0, 0.1) is 5.41 Å². The molecule has 0 aromatic carbocycles. The lowest BCUT2D eigenvalue weighted by Gasteiger charge is -2.51. The van der Waals surface area contributed by atoms with Crippen molar-refractivity contribution in [1.82, 2.24) is 15.1 Å². The summed E-state index contributed by atoms with van der Waals surface area (Å²) >= 11 is 0. The van der Waals surface area contributed by atoms with Gasteiger partial charge in [0.05, 0.1) is 0 Å². The van der Waals surface area contributed by atoms with Crippen LogP contribution in [0.2, 0.25) is 0 Å². The smallest absolute Gasteiger partial charge is 0.0110 e. The SMILES string of the molecule is CCCC1(CCC)CN(CCN2CCNCC2)C1. The minimum Gasteiger partial charge on any atom is -0.314 e. The third-order valence-electron chi connectivity index (χ3n) is 4.62. The molecule has 0 amide bonds. The maximum absolute atomic E-state index is 3.42. The van der Waals surface area contributed by atoms with E-state index < -0.39 is 0 Å². The fourth-order valence-electron chi connectivity index (χ4n) is 3.78. The Balaban J connectivity index is 1.64. The van der Waals surface area contributed by atoms with Crippen LogP contribution in [0.25, 0.3) is 0 Å². The van der Waals surface area contributed by atoms with Crippen LogP contribution in [-0.4, -0.2) is 62.2 Å². The Labute approximate surface area is 113 Å². The Morgan fingerprint density at radius 3 is 2.00 bits per heavy atom. The molecule has 0 saturated carbocycles. The van der Waals surface area contributed by atoms with Gasteiger partial charge in [0, 0.05) is 52.4 Å². The van der Waals surface area contributed by atoms with Crippen LogP contribution in [0.3, 0.4) is 0 Å². The summed E-state index contributed by atoms with van der Waals surface area (Å²) < 4.78 is 0. The standard InChI is InChI=1S/C15H31N3/c1-3-5-15(6-4-2)13-18(14-15)12-11-17-9-7-16-8-10-17/h16H,3-14H2,1-2H3. The van der Waals surface area contributed by atoms with E-state index in [0.29, 0.717) is 5.41 Å². The van der Waals surface area contributed by atoms with Crippen LogP contribution in [-0.2, 0) is 0 Å². The highest BCUT2D eigenvalue weighted by Gasteiger charge is 2.40. The summed E-state index contributed by atoms with van der Waals surface area (Å²) in [7, 11) is 0. The van der Waals surface area contributed by atoms with Crippen molar-refractivity contribution in [2.45, 2.75) is 39.5 Å². The second-order valence-electron chi connectivity index (χ2n) is 6.30. The molecule has 1 N–H and O–H groups in total. The lowest BCUT2D eigenvalue weighted by molar-refractivity contribution is -0.0196. The molecule has 0 unspecified atom stereocenters. The zero-order valence-electron chi connectivity index (χ0n) is 12.4. The maximum Gasteiger partial charge on any atom is 0.0110 e. The molecule has 106 valence electrons. The Kier molecular flexibility index (Phi) is 5.46. The van der Waals surface area contributed by atoms with Gasteiger partial charge in [-0.05, 0) is 18.3 Å². The molecular formula is C15H31N3. The second kappa shape index (κ2) is 6.88. The molecule has 3 heteroatoms. The highest BCUT2D eigenvalue weighted by molar-refractivity contribution is 4.94. The Hall–Kier alpha value is -0.120. The summed E-state index contributed by atoms with van der Waals surface area (Å²) in [6.07, 6.45) is 5.58. The van der Waals surface area contributed by atoms with Gasteiger partial charge in [0.2, 0.25) is 0 Å². The van der Waals surface area contributed by atoms with Crippen molar-refractivity contribution < 1.29 is 0 Å². The average Bonchev–Trinajstić information content (AvgIpc) is 2.35. The Morgan fingerprint density at radius 2 is 1.44 bits per heavy atom. The van der Waals surface area contributed by atoms with Crippen LogP contribution >= 0.6 is 0 Å². The Morgan fingerprint density at radius 1 is 0.889 bits per heavy atom. The van der Waals surface area contributed by atoms with Gasteiger partial charge >= 0.3 is 0 Å². The fraction of sp³-hybridized carbons (Fsp3) is 1.00. The summed E-state index contributed by atoms with van der Waals surface area (Å²) in [6.45, 7) is 14.8. The number of nitrogens with one attached hydrogen (secondary N) is 1. The molecule has 2 rings (SSSR count). The van der Waals surface area contributed by atoms with Crippen LogP contribution < -0.4 is 5.32 Å². The van der Waals surface area contributed by atoms with Crippen molar-refractivity contribution in [3.63, 3.8) is 0 Å². The third-order valence-corrected chi connectivity index (χ3v) is 4.62. The molecule has 0 spiro atoms. The minimum absolute atomic E-state index is 0.687. The van der Waals surface area contributed by atoms with Crippen molar-refractivity contribution in [3.8, 4) is 0 Å². The zero-order valence-corrected chi connectivity index (χ0v) is 12.4. The highest BCUT2D eigenvalue weighted by Crippen LogP contribution is 2.39. The first-order valence-corrected chi connectivity index (χ1v) is 7.93. The van der Waals surface area contributed by atoms with Crippen molar-refractivity contribution in [2.75, 3.05) is 52.4 Å². The molecule has 0 aliphatic carbocycles. The molecular weight excluding hydrogens is 222 g/mol. The molecule has 2 heterocycles. The summed E-state index contributed by atoms with van der Waals surface area (Å²) in [6, 6.07) is 0. The molecule has 3 nitrogen and oxygen atoms in total. The lowest BCUT2D eigenvalue weighted by Crippen LogP contribution is -2.58. The third kappa shape index (κ3) is 3.69. The van der Waals surface area contributed by atoms with Gasteiger partial charge in [0.15, 0.2) is 0 Å². The van der Waals surface area contributed by atoms with Gasteiger partial charge in [0.25, 0.3) is 0 Å². The number of hydrogen-bond acceptors (Lipinski definition) is 3. The summed E-state index contributed by atoms with van der Waals surface area (Å²) in [5.74, 6) is 0. The molecule has 0 radical (unpaired) electrons. The summed E-state index contributed by atoms with van der Waals surface area (Å²) in [4.78, 5) is 5.28. The number of piperazine rings is 1. The molecule has 18 heavy (non-hydrogen) atoms. The van der Waals surface area contributed by atoms with E-state index in [1.54, 1.807) is 0 Å². The van der Waals surface area contributed by atoms with Crippen molar-refractivity contribution in [2.24, 2.45) is 5.41 Å². The van der Waals surface area contributed by atoms with Gasteiger partial charge in [-0.15, -0.1) is 0 Å². The molecule has 2 fully saturated rings. The number of likely N-dealkylation sites (tertiary alicyclic amines) is 1. The van der Waals surface area contributed by atoms with Crippen molar-refractivity contribution in [1.29, 1.82) is 0 Å². The molecule has 0 aromatic rings. The first kappa shape index (κ1) is 14.3. The first-order valence-electron chi connectivity index (χ1n) is 7.93. The summed E-state index contributed by atoms with van der Waals surface area (Å²) in [5, 5.41) is 3.42. The van der Waals surface area contributed by atoms with Crippen molar-refractivity contribution >= 4 is 0 Å². The van der Waals surface area contributed by atoms with Crippen molar-refractivity contribution in [3.05, 3.63) is 0 Å². The van der Waals surface area contributed by atoms with E-state index in [1.807, 2.05) is 0 Å². The van der Waals surface area contributed by atoms with E-state index in [9.17, 15) is 0 Å². The first-order chi connectivity index (χ1) is 8.78. The largest absolute Gasteiger partial charge is 0.314 e. The van der Waals surface area contributed by atoms with E-state index in [1.165, 1.54) is 78.0 Å². The summed E-state index contributed by atoms with van der Waals surface area (Å²) in [5.41, 5.74) is 0.687. The van der Waals surface area contributed by atoms with Gasteiger partial charge in [-0.2, -0.15) is 0 Å². The number of nitrogens with zero attached hydrogens (tertiary/aromatic N) is 2. The molecule has 0 bridgehead atoms. The fourth-order valence-corrected chi connectivity index (χ4v) is 3.78. The molecule has 2 saturated heterocycles. The quantitative estimate of drug-likeness (QED) is 0.746. The van der Waals surface area contributed by atoms with Crippen LogP contribution in [0.4, 0.5) is 0 Å². The van der Waals surface area contributed by atoms with Crippen LogP contribution in [0.1, 0.15) is 39.5 Å². The molecule has 2 aliphatic heterocycles. The highest BCUT2D eigenvalue weighted by atomic mass is 15.3. The normalized spacial score (nSPS) is 25.0. The molecule has 0 aromatic heterocycles. The number of rotatable bonds is 7. The molecule has 0 atom stereocenters. The predicted molar refractivity (Wildman–Crippen MR) is 78.0 cm³/mol. The maximum atomic E-state index is 3.42. The van der Waals surface area contributed by atoms with E-state index >= 15 is 0 Å². The number of hydrogen-bond donors (Lipinski definition) is 1. The van der Waals surface area contributed by atoms with Gasteiger partial charge in [-0.1, -0.05) is 26.7 Å². The van der Waals surface area contributed by atoms with Gasteiger partial charge < -0.3 is 10.2 Å². The zero-order chi connectivity index (χ0) is 12.8. The second-order valence-corrected chi connectivity index (χ2v) is 6.30. The van der Waals surface area contributed by atoms with E-state index in [4.69, 9.17) is 0 Å². The predicted octanol–water partition coefficient (Wildman–Crippen LogP) is 1.79. The van der Waals surface area contributed by atoms with Crippen LogP contribution in [0.5, 0.6) is 0 Å². The van der Waals surface area contributed by atoms with E-state index in [-0.39, 0.29) is 0 Å². The van der Waals surface area contributed by atoms with E-state index in [0.717, 1.165) is 0 Å².